The Morgan fingerprint density at radius 2 is 2.21 bits per heavy atom. The predicted molar refractivity (Wildman–Crippen MR) is 51.5 cm³/mol. The first-order valence-corrected chi connectivity index (χ1v) is 3.92. The van der Waals surface area contributed by atoms with Gasteiger partial charge in [0.2, 0.25) is 5.91 Å². The molecule has 0 heterocycles. The Morgan fingerprint density at radius 3 is 2.86 bits per heavy atom. The summed E-state index contributed by atoms with van der Waals surface area (Å²) in [5, 5.41) is 0. The van der Waals surface area contributed by atoms with Crippen LogP contribution in [0.2, 0.25) is 0 Å². The Morgan fingerprint density at radius 1 is 1.50 bits per heavy atom. The van der Waals surface area contributed by atoms with Crippen molar-refractivity contribution in [3.05, 3.63) is 29.6 Å². The second-order valence-corrected chi connectivity index (χ2v) is 2.68. The van der Waals surface area contributed by atoms with E-state index in [4.69, 9.17) is 11.5 Å². The number of amides is 1. The average Bonchev–Trinajstić information content (AvgIpc) is 2.10. The first kappa shape index (κ1) is 10.1. The molecule has 0 aliphatic heterocycles. The van der Waals surface area contributed by atoms with Gasteiger partial charge in [0.25, 0.3) is 0 Å². The standard InChI is InChI=1S/C10H9FN2O/c11-8-4-5-9(12)7(6-8)2-1-3-10(13)14/h4-6H,3,12H2,(H2,13,14). The topological polar surface area (TPSA) is 69.1 Å². The van der Waals surface area contributed by atoms with Crippen LogP contribution in [0.5, 0.6) is 0 Å². The van der Waals surface area contributed by atoms with Gasteiger partial charge in [0, 0.05) is 5.69 Å². The van der Waals surface area contributed by atoms with Crippen molar-refractivity contribution < 1.29 is 9.18 Å². The molecule has 14 heavy (non-hydrogen) atoms. The van der Waals surface area contributed by atoms with E-state index in [0.29, 0.717) is 11.3 Å². The Bertz CT molecular complexity index is 418. The number of anilines is 1. The van der Waals surface area contributed by atoms with E-state index in [1.54, 1.807) is 0 Å². The third kappa shape index (κ3) is 2.79. The fourth-order valence-electron chi connectivity index (χ4n) is 0.863. The van der Waals surface area contributed by atoms with Crippen LogP contribution >= 0.6 is 0 Å². The van der Waals surface area contributed by atoms with Gasteiger partial charge in [-0.25, -0.2) is 4.39 Å². The van der Waals surface area contributed by atoms with Crippen LogP contribution in [0.3, 0.4) is 0 Å². The molecule has 0 saturated carbocycles. The van der Waals surface area contributed by atoms with Crippen LogP contribution in [0.1, 0.15) is 12.0 Å². The second kappa shape index (κ2) is 4.28. The molecule has 4 N–H and O–H groups in total. The molecule has 1 aromatic carbocycles. The van der Waals surface area contributed by atoms with Crippen LogP contribution in [0.25, 0.3) is 0 Å². The number of primary amides is 1. The lowest BCUT2D eigenvalue weighted by atomic mass is 10.2. The lowest BCUT2D eigenvalue weighted by molar-refractivity contribution is -0.117. The summed E-state index contributed by atoms with van der Waals surface area (Å²) in [5.74, 6) is 4.13. The molecule has 0 fully saturated rings. The van der Waals surface area contributed by atoms with Crippen molar-refractivity contribution in [2.75, 3.05) is 5.73 Å². The maximum absolute atomic E-state index is 12.7. The van der Waals surface area contributed by atoms with Gasteiger partial charge in [0.1, 0.15) is 5.82 Å². The van der Waals surface area contributed by atoms with Crippen LogP contribution in [0.4, 0.5) is 10.1 Å². The second-order valence-electron chi connectivity index (χ2n) is 2.68. The zero-order chi connectivity index (χ0) is 10.6. The minimum Gasteiger partial charge on any atom is -0.398 e. The number of carbonyl (C=O) groups is 1. The molecule has 0 unspecified atom stereocenters. The summed E-state index contributed by atoms with van der Waals surface area (Å²) in [6.45, 7) is 0. The number of rotatable bonds is 1. The highest BCUT2D eigenvalue weighted by molar-refractivity contribution is 5.76. The maximum atomic E-state index is 12.7. The first-order chi connectivity index (χ1) is 6.59. The summed E-state index contributed by atoms with van der Waals surface area (Å²) in [7, 11) is 0. The number of carbonyl (C=O) groups excluding carboxylic acids is 1. The molecule has 0 saturated heterocycles. The van der Waals surface area contributed by atoms with E-state index in [-0.39, 0.29) is 6.42 Å². The average molecular weight is 192 g/mol. The fraction of sp³-hybridized carbons (Fsp3) is 0.100. The molecule has 1 rings (SSSR count). The van der Waals surface area contributed by atoms with Gasteiger partial charge in [-0.3, -0.25) is 4.79 Å². The Kier molecular flexibility index (Phi) is 3.08. The SMILES string of the molecule is NC(=O)CC#Cc1cc(F)ccc1N. The normalized spacial score (nSPS) is 8.93. The van der Waals surface area contributed by atoms with E-state index in [9.17, 15) is 9.18 Å². The molecule has 0 aliphatic carbocycles. The summed E-state index contributed by atoms with van der Waals surface area (Å²) in [4.78, 5) is 10.4. The number of hydrogen-bond acceptors (Lipinski definition) is 2. The molecule has 4 heteroatoms. The number of benzene rings is 1. The lowest BCUT2D eigenvalue weighted by Gasteiger charge is -1.96. The van der Waals surface area contributed by atoms with Crippen molar-refractivity contribution in [2.45, 2.75) is 6.42 Å². The number of nitrogens with two attached hydrogens (primary N) is 2. The van der Waals surface area contributed by atoms with Gasteiger partial charge in [0.05, 0.1) is 12.0 Å². The molecule has 1 aromatic rings. The van der Waals surface area contributed by atoms with Gasteiger partial charge in [-0.05, 0) is 18.2 Å². The zero-order valence-electron chi connectivity index (χ0n) is 7.38. The summed E-state index contributed by atoms with van der Waals surface area (Å²) >= 11 is 0. The van der Waals surface area contributed by atoms with Crippen molar-refractivity contribution in [2.24, 2.45) is 5.73 Å². The third-order valence-electron chi connectivity index (χ3n) is 1.50. The molecule has 0 aliphatic rings. The van der Waals surface area contributed by atoms with E-state index in [1.165, 1.54) is 18.2 Å². The summed E-state index contributed by atoms with van der Waals surface area (Å²) in [6.07, 6.45) is -0.0596. The van der Waals surface area contributed by atoms with Gasteiger partial charge < -0.3 is 11.5 Å². The molecule has 3 nitrogen and oxygen atoms in total. The zero-order valence-corrected chi connectivity index (χ0v) is 7.38. The molecule has 0 radical (unpaired) electrons. The van der Waals surface area contributed by atoms with Gasteiger partial charge >= 0.3 is 0 Å². The maximum Gasteiger partial charge on any atom is 0.229 e. The minimum atomic E-state index is -0.521. The highest BCUT2D eigenvalue weighted by Crippen LogP contribution is 2.11. The van der Waals surface area contributed by atoms with E-state index in [0.717, 1.165) is 0 Å². The molecular weight excluding hydrogens is 183 g/mol. The largest absolute Gasteiger partial charge is 0.398 e. The molecule has 0 aromatic heterocycles. The van der Waals surface area contributed by atoms with Crippen molar-refractivity contribution in [3.8, 4) is 11.8 Å². The highest BCUT2D eigenvalue weighted by Gasteiger charge is 1.97. The van der Waals surface area contributed by atoms with E-state index in [1.807, 2.05) is 0 Å². The predicted octanol–water partition coefficient (Wildman–Crippen LogP) is 0.635. The summed E-state index contributed by atoms with van der Waals surface area (Å²) < 4.78 is 12.7. The minimum absolute atomic E-state index is 0.0596. The monoisotopic (exact) mass is 192 g/mol. The Labute approximate surface area is 80.9 Å². The number of halogens is 1. The Balaban J connectivity index is 2.88. The fourth-order valence-corrected chi connectivity index (χ4v) is 0.863. The van der Waals surface area contributed by atoms with Crippen LogP contribution < -0.4 is 11.5 Å². The van der Waals surface area contributed by atoms with Crippen LogP contribution in [-0.2, 0) is 4.79 Å². The third-order valence-corrected chi connectivity index (χ3v) is 1.50. The van der Waals surface area contributed by atoms with Crippen molar-refractivity contribution in [1.29, 1.82) is 0 Å². The van der Waals surface area contributed by atoms with Crippen LogP contribution in [0.15, 0.2) is 18.2 Å². The lowest BCUT2D eigenvalue weighted by Crippen LogP contribution is -2.08. The first-order valence-electron chi connectivity index (χ1n) is 3.92. The molecule has 1 amide bonds. The van der Waals surface area contributed by atoms with Crippen LogP contribution in [-0.4, -0.2) is 5.91 Å². The van der Waals surface area contributed by atoms with Crippen molar-refractivity contribution in [1.82, 2.24) is 0 Å². The van der Waals surface area contributed by atoms with E-state index < -0.39 is 11.7 Å². The quantitative estimate of drug-likeness (QED) is 0.506. The Hall–Kier alpha value is -2.02. The molecule has 0 bridgehead atoms. The van der Waals surface area contributed by atoms with Gasteiger partial charge in [0.15, 0.2) is 0 Å². The molecular formula is C10H9FN2O. The van der Waals surface area contributed by atoms with Crippen molar-refractivity contribution in [3.63, 3.8) is 0 Å². The van der Waals surface area contributed by atoms with E-state index >= 15 is 0 Å². The molecule has 0 spiro atoms. The van der Waals surface area contributed by atoms with Crippen LogP contribution in [0, 0.1) is 17.7 Å². The number of hydrogen-bond donors (Lipinski definition) is 2. The van der Waals surface area contributed by atoms with Crippen molar-refractivity contribution >= 4 is 11.6 Å². The summed E-state index contributed by atoms with van der Waals surface area (Å²) in [5.41, 5.74) is 11.1. The highest BCUT2D eigenvalue weighted by atomic mass is 19.1. The van der Waals surface area contributed by atoms with Gasteiger partial charge in [-0.2, -0.15) is 0 Å². The van der Waals surface area contributed by atoms with Gasteiger partial charge in [-0.1, -0.05) is 11.8 Å². The number of nitrogen functional groups attached to an aromatic ring is 1. The molecule has 72 valence electrons. The summed E-state index contributed by atoms with van der Waals surface area (Å²) in [6, 6.07) is 3.88. The smallest absolute Gasteiger partial charge is 0.229 e. The molecule has 0 atom stereocenters. The van der Waals surface area contributed by atoms with Gasteiger partial charge in [-0.15, -0.1) is 0 Å². The van der Waals surface area contributed by atoms with E-state index in [2.05, 4.69) is 11.8 Å².